The number of hydrogen-bond donors (Lipinski definition) is 10. The molecule has 0 aromatic carbocycles. The predicted octanol–water partition coefficient (Wildman–Crippen LogP) is -0.751. The molecular formula is C58H64ClFeN16O10. The van der Waals surface area contributed by atoms with Crippen molar-refractivity contribution in [2.45, 2.75) is 102 Å². The molecule has 11 heterocycles. The number of hydrogen-bond acceptors (Lipinski definition) is 20. The van der Waals surface area contributed by atoms with Gasteiger partial charge in [-0.1, -0.05) is 65.8 Å². The second-order valence-electron chi connectivity index (χ2n) is 20.9. The summed E-state index contributed by atoms with van der Waals surface area (Å²) < 4.78 is 14.3. The van der Waals surface area contributed by atoms with Crippen molar-refractivity contribution in [3.8, 4) is 0 Å². The first-order valence-electron chi connectivity index (χ1n) is 27.5. The molecule has 2 fully saturated rings. The van der Waals surface area contributed by atoms with Crippen molar-refractivity contribution in [2.75, 3.05) is 50.0 Å². The quantitative estimate of drug-likeness (QED) is 0.0331. The van der Waals surface area contributed by atoms with Crippen molar-refractivity contribution >= 4 is 90.1 Å². The number of halogens is 1. The summed E-state index contributed by atoms with van der Waals surface area (Å²) in [6.07, 6.45) is 0.714. The first-order chi connectivity index (χ1) is 40.6. The van der Waals surface area contributed by atoms with Crippen LogP contribution in [-0.2, 0) is 49.0 Å². The summed E-state index contributed by atoms with van der Waals surface area (Å²) in [6.45, 7) is 16.3. The third-order valence-electron chi connectivity index (χ3n) is 15.9. The van der Waals surface area contributed by atoms with Gasteiger partial charge >= 0.3 is 17.1 Å². The molecule has 1 radical (unpaired) electrons. The number of rotatable bonds is 20. The molecular weight excluding hydrogens is 1170 g/mol. The number of nitrogens with one attached hydrogen (secondary N) is 4. The maximum Gasteiger partial charge on any atom is 3.00 e. The molecule has 11 rings (SSSR count). The third-order valence-corrected chi connectivity index (χ3v) is 15.9. The number of anilines is 2. The van der Waals surface area contributed by atoms with Gasteiger partial charge in [-0.2, -0.15) is 0 Å². The second-order valence-corrected chi connectivity index (χ2v) is 20.9. The largest absolute Gasteiger partial charge is 3.00 e. The molecule has 451 valence electrons. The Morgan fingerprint density at radius 2 is 1.00 bits per heavy atom. The van der Waals surface area contributed by atoms with E-state index in [1.807, 2.05) is 52.0 Å². The van der Waals surface area contributed by atoms with Crippen molar-refractivity contribution in [2.24, 2.45) is 0 Å². The summed E-state index contributed by atoms with van der Waals surface area (Å²) in [4.78, 5) is 74.0. The molecule has 0 spiro atoms. The summed E-state index contributed by atoms with van der Waals surface area (Å²) in [6, 6.07) is 7.76. The minimum atomic E-state index is -1.32. The zero-order valence-corrected chi connectivity index (χ0v) is 49.2. The van der Waals surface area contributed by atoms with E-state index < -0.39 is 62.3 Å². The maximum absolute atomic E-state index is 13.7. The molecule has 10 N–H and O–H groups in total. The van der Waals surface area contributed by atoms with Gasteiger partial charge < -0.3 is 83.8 Å². The standard InChI is InChI=1S/C58H66N16O10.ClH.Fe/c1-7-31-27(3)35-17-36-29(5)33(9-11-45(77)59-13-15-61-53-47-55(65-23-63-53)73(25-67-47)57-51(81)49(79)43(21-75)83-57)41(71-36)20-42-34(30(6)38(72-42)19-40-32(8-2)28(4)37(70-40)18-39(31)69-35)10-12-46(78)60-14-16-62-54-48-56(66-24-64-54)74(26-68-48)58-52(82)50(80)44(22-76)84-58;;/h7-8,17-20,23-26,43-44,49-52,57-58,75-76,79-82H,1-2,9-16,21-22H2,3-6H3,(H6,59,60,61,62,63,64,65,66,69,70,71,72,77,78);1H;/q;;+3/p-3/t43-,44+,49-,50+,51-,52+,57-,58+;;/m1../s1. The summed E-state index contributed by atoms with van der Waals surface area (Å²) in [5, 5.41) is 73.5. The first kappa shape index (κ1) is 62.7. The molecule has 4 aliphatic heterocycles. The van der Waals surface area contributed by atoms with Crippen molar-refractivity contribution < 1.29 is 79.2 Å². The normalized spacial score (nSPS) is 21.0. The van der Waals surface area contributed by atoms with E-state index in [0.29, 0.717) is 86.0 Å². The number of aliphatic hydroxyl groups is 6. The minimum Gasteiger partial charge on any atom is -1.00 e. The van der Waals surface area contributed by atoms with Crippen LogP contribution in [0.2, 0.25) is 0 Å². The zero-order chi connectivity index (χ0) is 59.1. The van der Waals surface area contributed by atoms with Crippen LogP contribution >= 0.6 is 0 Å². The number of ether oxygens (including phenoxy) is 2. The van der Waals surface area contributed by atoms with Gasteiger partial charge in [-0.25, -0.2) is 39.9 Å². The molecule has 8 bridgehead atoms. The van der Waals surface area contributed by atoms with Gasteiger partial charge in [-0.3, -0.25) is 18.7 Å². The van der Waals surface area contributed by atoms with Gasteiger partial charge in [0.05, 0.1) is 48.6 Å². The van der Waals surface area contributed by atoms with Crippen LogP contribution in [0.3, 0.4) is 0 Å². The number of allylic oxidation sites excluding steroid dienone is 6. The van der Waals surface area contributed by atoms with Crippen molar-refractivity contribution in [3.05, 3.63) is 120 Å². The van der Waals surface area contributed by atoms with Gasteiger partial charge in [-0.05, 0) is 57.7 Å². The first-order valence-corrected chi connectivity index (χ1v) is 27.5. The summed E-state index contributed by atoms with van der Waals surface area (Å²) >= 11 is 0. The molecule has 28 heteroatoms. The number of fused-ring (bicyclic) bond motifs is 10. The van der Waals surface area contributed by atoms with E-state index in [4.69, 9.17) is 29.4 Å². The van der Waals surface area contributed by atoms with Crippen molar-refractivity contribution in [1.82, 2.24) is 69.6 Å². The molecule has 0 saturated carbocycles. The Morgan fingerprint density at radius 3 is 1.42 bits per heavy atom. The number of carbonyl (C=O) groups is 2. The molecule has 26 nitrogen and oxygen atoms in total. The van der Waals surface area contributed by atoms with Gasteiger partial charge in [0.2, 0.25) is 11.8 Å². The van der Waals surface area contributed by atoms with Crippen LogP contribution in [0.1, 0.15) is 84.2 Å². The SMILES string of the molecule is C=CC1=C(C)c2cc3[n-]c(cc4[n-]c(cc5nc(cc1n2)C(C)=C5C=C)c(C)c4CCC(=O)NCCNc1ncnc2c1ncn2[C@H]1O[C@@H](CO)[C@H](O)[C@@H]1O)c(CCC(=O)NCCNc1ncnc2c1ncn2[C@@H]1O[C@H](CO)[C@@H](O)[C@H]1O)c3C.[Cl-].[Fe+3]. The Morgan fingerprint density at radius 1 is 0.581 bits per heavy atom. The number of aromatic nitrogens is 12. The van der Waals surface area contributed by atoms with Crippen LogP contribution < -0.4 is 43.6 Å². The van der Waals surface area contributed by atoms with E-state index in [-0.39, 0.29) is 80.3 Å². The van der Waals surface area contributed by atoms with Crippen LogP contribution in [0.5, 0.6) is 0 Å². The monoisotopic (exact) mass is 1240 g/mol. The molecule has 7 aromatic rings. The average molecular weight is 1240 g/mol. The number of amides is 2. The number of carbonyl (C=O) groups excluding carboxylic acids is 2. The molecule has 7 aromatic heterocycles. The average Bonchev–Trinajstić information content (AvgIpc) is 2.24. The van der Waals surface area contributed by atoms with E-state index in [2.05, 4.69) is 64.3 Å². The van der Waals surface area contributed by atoms with Gasteiger partial charge in [-0.15, -0.1) is 22.1 Å². The van der Waals surface area contributed by atoms with Crippen LogP contribution in [0, 0.1) is 13.8 Å². The fourth-order valence-electron chi connectivity index (χ4n) is 11.1. The molecule has 86 heavy (non-hydrogen) atoms. The minimum absolute atomic E-state index is 0. The van der Waals surface area contributed by atoms with Gasteiger partial charge in [0.1, 0.15) is 49.3 Å². The number of aliphatic hydroxyl groups excluding tert-OH is 6. The fourth-order valence-corrected chi connectivity index (χ4v) is 11.1. The van der Waals surface area contributed by atoms with Crippen LogP contribution in [-0.4, -0.2) is 167 Å². The fraction of sp³-hybridized carbons (Fsp3) is 0.379. The smallest absolute Gasteiger partial charge is 1.00 e. The van der Waals surface area contributed by atoms with Crippen LogP contribution in [0.25, 0.3) is 66.7 Å². The van der Waals surface area contributed by atoms with Crippen molar-refractivity contribution in [1.29, 1.82) is 0 Å². The summed E-state index contributed by atoms with van der Waals surface area (Å²) in [5.41, 5.74) is 13.8. The Bertz CT molecular complexity index is 3990. The topological polar surface area (TPSA) is 363 Å². The summed E-state index contributed by atoms with van der Waals surface area (Å²) in [7, 11) is 0. The van der Waals surface area contributed by atoms with Gasteiger partial charge in [0, 0.05) is 50.2 Å². The van der Waals surface area contributed by atoms with Crippen LogP contribution in [0.4, 0.5) is 11.6 Å². The van der Waals surface area contributed by atoms with E-state index in [9.17, 15) is 40.2 Å². The molecule has 2 amide bonds. The molecule has 0 unspecified atom stereocenters. The molecule has 4 aliphatic rings. The Hall–Kier alpha value is -7.79. The number of nitrogens with zero attached hydrogens (tertiary/aromatic N) is 12. The second kappa shape index (κ2) is 26.4. The van der Waals surface area contributed by atoms with E-state index in [1.54, 1.807) is 12.2 Å². The zero-order valence-electron chi connectivity index (χ0n) is 47.3. The molecule has 2 saturated heterocycles. The Kier molecular flexibility index (Phi) is 19.3. The predicted molar refractivity (Wildman–Crippen MR) is 310 cm³/mol. The third kappa shape index (κ3) is 11.9. The van der Waals surface area contributed by atoms with E-state index >= 15 is 0 Å². The number of aryl methyl sites for hydroxylation is 4. The number of imidazole rings is 2. The van der Waals surface area contributed by atoms with Gasteiger partial charge in [0.15, 0.2) is 46.4 Å². The van der Waals surface area contributed by atoms with Crippen molar-refractivity contribution in [3.63, 3.8) is 0 Å². The molecule has 0 aliphatic carbocycles. The van der Waals surface area contributed by atoms with Gasteiger partial charge in [0.25, 0.3) is 0 Å². The van der Waals surface area contributed by atoms with E-state index in [1.165, 1.54) is 34.4 Å². The maximum atomic E-state index is 13.7. The molecule has 8 atom stereocenters. The summed E-state index contributed by atoms with van der Waals surface area (Å²) in [5.74, 6) is 0.356. The van der Waals surface area contributed by atoms with E-state index in [0.717, 1.165) is 50.2 Å². The van der Waals surface area contributed by atoms with Crippen LogP contribution in [0.15, 0.2) is 74.9 Å². The Balaban J connectivity index is 0.00000442. The Labute approximate surface area is 509 Å².